The van der Waals surface area contributed by atoms with Gasteiger partial charge in [-0.3, -0.25) is 9.59 Å². The summed E-state index contributed by atoms with van der Waals surface area (Å²) in [5.74, 6) is -0.158. The Morgan fingerprint density at radius 2 is 1.67 bits per heavy atom. The first-order chi connectivity index (χ1) is 14.5. The Hall–Kier alpha value is -2.73. The molecule has 1 aliphatic heterocycles. The van der Waals surface area contributed by atoms with Crippen LogP contribution in [0.1, 0.15) is 49.8 Å². The van der Waals surface area contributed by atoms with E-state index >= 15 is 0 Å². The fourth-order valence-electron chi connectivity index (χ4n) is 4.00. The molecule has 2 aromatic carbocycles. The minimum atomic E-state index is -0.724. The third-order valence-electron chi connectivity index (χ3n) is 6.15. The lowest BCUT2D eigenvalue weighted by Crippen LogP contribution is -2.48. The molecule has 1 saturated heterocycles. The first-order valence-electron chi connectivity index (χ1n) is 10.5. The van der Waals surface area contributed by atoms with E-state index in [9.17, 15) is 14.0 Å². The Morgan fingerprint density at radius 1 is 1.03 bits per heavy atom. The summed E-state index contributed by atoms with van der Waals surface area (Å²) in [6.45, 7) is 2.93. The Kier molecular flexibility index (Phi) is 5.86. The Bertz CT molecular complexity index is 901. The van der Waals surface area contributed by atoms with Crippen molar-refractivity contribution in [2.24, 2.45) is 5.92 Å². The Labute approximate surface area is 176 Å². The van der Waals surface area contributed by atoms with E-state index in [1.165, 1.54) is 12.1 Å². The second-order valence-corrected chi connectivity index (χ2v) is 8.28. The first-order valence-corrected chi connectivity index (χ1v) is 10.5. The predicted molar refractivity (Wildman–Crippen MR) is 112 cm³/mol. The van der Waals surface area contributed by atoms with Crippen molar-refractivity contribution in [3.63, 3.8) is 0 Å². The Morgan fingerprint density at radius 3 is 2.27 bits per heavy atom. The molecule has 2 amide bonds. The van der Waals surface area contributed by atoms with E-state index in [2.05, 4.69) is 10.6 Å². The van der Waals surface area contributed by atoms with Crippen LogP contribution >= 0.6 is 0 Å². The van der Waals surface area contributed by atoms with Gasteiger partial charge >= 0.3 is 0 Å². The van der Waals surface area contributed by atoms with Gasteiger partial charge in [-0.2, -0.15) is 0 Å². The zero-order chi connectivity index (χ0) is 21.1. The summed E-state index contributed by atoms with van der Waals surface area (Å²) in [7, 11) is 0. The van der Waals surface area contributed by atoms with Crippen molar-refractivity contribution in [1.29, 1.82) is 0 Å². The van der Waals surface area contributed by atoms with Crippen molar-refractivity contribution in [3.05, 3.63) is 65.5 Å². The molecule has 2 fully saturated rings. The second-order valence-electron chi connectivity index (χ2n) is 8.28. The normalized spacial score (nSPS) is 19.0. The molecule has 1 heterocycles. The third kappa shape index (κ3) is 4.38. The summed E-state index contributed by atoms with van der Waals surface area (Å²) < 4.78 is 18.9. The number of ether oxygens (including phenoxy) is 1. The largest absolute Gasteiger partial charge is 0.381 e. The van der Waals surface area contributed by atoms with Gasteiger partial charge in [0.15, 0.2) is 0 Å². The lowest BCUT2D eigenvalue weighted by Gasteiger charge is -2.37. The summed E-state index contributed by atoms with van der Waals surface area (Å²) in [5.41, 5.74) is 1.81. The maximum Gasteiger partial charge on any atom is 0.231 e. The lowest BCUT2D eigenvalue weighted by atomic mass is 9.73. The van der Waals surface area contributed by atoms with Gasteiger partial charge in [0.1, 0.15) is 5.82 Å². The van der Waals surface area contributed by atoms with E-state index in [0.29, 0.717) is 26.1 Å². The van der Waals surface area contributed by atoms with Crippen molar-refractivity contribution < 1.29 is 18.7 Å². The molecular formula is C24H27FN2O3. The summed E-state index contributed by atoms with van der Waals surface area (Å²) in [4.78, 5) is 25.3. The molecule has 30 heavy (non-hydrogen) atoms. The average Bonchev–Trinajstić information content (AvgIpc) is 3.61. The number of hydrogen-bond donors (Lipinski definition) is 2. The predicted octanol–water partition coefficient (Wildman–Crippen LogP) is 4.10. The molecule has 1 saturated carbocycles. The fourth-order valence-corrected chi connectivity index (χ4v) is 4.00. The molecule has 1 unspecified atom stereocenters. The lowest BCUT2D eigenvalue weighted by molar-refractivity contribution is -0.131. The van der Waals surface area contributed by atoms with E-state index in [-0.39, 0.29) is 29.6 Å². The van der Waals surface area contributed by atoms with Crippen molar-refractivity contribution in [2.45, 2.75) is 44.1 Å². The number of carbonyl (C=O) groups excluding carboxylic acids is 2. The molecule has 0 aromatic heterocycles. The molecule has 2 aromatic rings. The minimum Gasteiger partial charge on any atom is -0.381 e. The van der Waals surface area contributed by atoms with Crippen LogP contribution in [0.4, 0.5) is 10.1 Å². The van der Waals surface area contributed by atoms with Crippen molar-refractivity contribution >= 4 is 17.5 Å². The van der Waals surface area contributed by atoms with Crippen LogP contribution < -0.4 is 10.6 Å². The summed E-state index contributed by atoms with van der Waals surface area (Å²) in [5, 5.41) is 6.06. The van der Waals surface area contributed by atoms with Gasteiger partial charge in [-0.1, -0.05) is 24.3 Å². The van der Waals surface area contributed by atoms with Crippen LogP contribution in [0.25, 0.3) is 0 Å². The van der Waals surface area contributed by atoms with Gasteiger partial charge in [-0.05, 0) is 68.0 Å². The average molecular weight is 410 g/mol. The number of halogens is 1. The molecule has 0 bridgehead atoms. The third-order valence-corrected chi connectivity index (χ3v) is 6.15. The molecule has 1 atom stereocenters. The number of amides is 2. The molecule has 6 heteroatoms. The van der Waals surface area contributed by atoms with Gasteiger partial charge in [0.2, 0.25) is 11.8 Å². The quantitative estimate of drug-likeness (QED) is 0.753. The van der Waals surface area contributed by atoms with E-state index in [4.69, 9.17) is 4.74 Å². The highest BCUT2D eigenvalue weighted by atomic mass is 19.1. The Balaban J connectivity index is 1.46. The molecule has 4 rings (SSSR count). The maximum atomic E-state index is 13.4. The zero-order valence-electron chi connectivity index (χ0n) is 17.1. The first kappa shape index (κ1) is 20.5. The van der Waals surface area contributed by atoms with Gasteiger partial charge in [0.05, 0.1) is 11.5 Å². The molecule has 0 spiro atoms. The number of hydrogen-bond acceptors (Lipinski definition) is 3. The number of benzene rings is 2. The summed E-state index contributed by atoms with van der Waals surface area (Å²) in [6, 6.07) is 13.6. The summed E-state index contributed by atoms with van der Waals surface area (Å²) >= 11 is 0. The van der Waals surface area contributed by atoms with Crippen LogP contribution in [0, 0.1) is 11.7 Å². The number of anilines is 1. The maximum absolute atomic E-state index is 13.4. The van der Waals surface area contributed by atoms with E-state index in [0.717, 1.165) is 29.7 Å². The minimum absolute atomic E-state index is 0.0731. The monoisotopic (exact) mass is 410 g/mol. The molecule has 5 nitrogen and oxygen atoms in total. The van der Waals surface area contributed by atoms with E-state index < -0.39 is 5.41 Å². The van der Waals surface area contributed by atoms with Crippen LogP contribution in [-0.4, -0.2) is 25.0 Å². The molecule has 0 radical (unpaired) electrons. The molecular weight excluding hydrogens is 383 g/mol. The summed E-state index contributed by atoms with van der Waals surface area (Å²) in [6.07, 6.45) is 3.05. The van der Waals surface area contributed by atoms with E-state index in [1.807, 2.05) is 31.2 Å². The highest BCUT2D eigenvalue weighted by Crippen LogP contribution is 2.36. The topological polar surface area (TPSA) is 67.4 Å². The van der Waals surface area contributed by atoms with Gasteiger partial charge < -0.3 is 15.4 Å². The van der Waals surface area contributed by atoms with Crippen LogP contribution in [0.15, 0.2) is 48.5 Å². The van der Waals surface area contributed by atoms with Crippen LogP contribution in [0.5, 0.6) is 0 Å². The second kappa shape index (κ2) is 8.56. The number of rotatable bonds is 6. The number of nitrogens with one attached hydrogen (secondary N) is 2. The van der Waals surface area contributed by atoms with Gasteiger partial charge in [0, 0.05) is 24.8 Å². The van der Waals surface area contributed by atoms with Crippen LogP contribution in [0.2, 0.25) is 0 Å². The molecule has 2 N–H and O–H groups in total. The molecule has 2 aliphatic rings. The van der Waals surface area contributed by atoms with Gasteiger partial charge in [0.25, 0.3) is 0 Å². The molecule has 158 valence electrons. The van der Waals surface area contributed by atoms with E-state index in [1.54, 1.807) is 12.1 Å². The SMILES string of the molecule is CC(NC(=O)C1(c2ccc(F)cc2)CCOCC1)c1ccc(NC(=O)C2CC2)cc1. The fraction of sp³-hybridized carbons (Fsp3) is 0.417. The standard InChI is InChI=1S/C24H27FN2O3/c1-16(17-4-10-21(11-5-17)27-22(28)18-2-3-18)26-23(29)24(12-14-30-15-13-24)19-6-8-20(25)9-7-19/h4-11,16,18H,2-3,12-15H2,1H3,(H,26,29)(H,27,28). The van der Waals surface area contributed by atoms with Crippen molar-refractivity contribution in [2.75, 3.05) is 18.5 Å². The van der Waals surface area contributed by atoms with Gasteiger partial charge in [-0.15, -0.1) is 0 Å². The zero-order valence-corrected chi connectivity index (χ0v) is 17.1. The highest BCUT2D eigenvalue weighted by molar-refractivity contribution is 5.94. The van der Waals surface area contributed by atoms with Crippen molar-refractivity contribution in [3.8, 4) is 0 Å². The number of carbonyl (C=O) groups is 2. The van der Waals surface area contributed by atoms with Crippen molar-refractivity contribution in [1.82, 2.24) is 5.32 Å². The van der Waals surface area contributed by atoms with Crippen LogP contribution in [0.3, 0.4) is 0 Å². The van der Waals surface area contributed by atoms with Gasteiger partial charge in [-0.25, -0.2) is 4.39 Å². The molecule has 1 aliphatic carbocycles. The smallest absolute Gasteiger partial charge is 0.231 e. The highest BCUT2D eigenvalue weighted by Gasteiger charge is 2.42. The van der Waals surface area contributed by atoms with Crippen LogP contribution in [-0.2, 0) is 19.7 Å².